The van der Waals surface area contributed by atoms with Crippen molar-refractivity contribution >= 4 is 23.2 Å². The normalized spacial score (nSPS) is 12.9. The molecule has 0 bridgehead atoms. The summed E-state index contributed by atoms with van der Waals surface area (Å²) in [6.07, 6.45) is 4.07. The molecule has 1 N–H and O–H groups in total. The Bertz CT molecular complexity index is 916. The molecular formula is C19H16ClN3O. The predicted molar refractivity (Wildman–Crippen MR) is 95.4 cm³/mol. The summed E-state index contributed by atoms with van der Waals surface area (Å²) in [5.41, 5.74) is 3.35. The van der Waals surface area contributed by atoms with Crippen LogP contribution < -0.4 is 5.32 Å². The van der Waals surface area contributed by atoms with Crippen LogP contribution >= 0.6 is 11.6 Å². The zero-order chi connectivity index (χ0) is 16.5. The average Bonchev–Trinajstić information content (AvgIpc) is 3.18. The highest BCUT2D eigenvalue weighted by atomic mass is 35.5. The van der Waals surface area contributed by atoms with Gasteiger partial charge in [0.15, 0.2) is 0 Å². The van der Waals surface area contributed by atoms with Gasteiger partial charge in [0, 0.05) is 24.2 Å². The monoisotopic (exact) mass is 337 g/mol. The number of nitrogens with zero attached hydrogens (tertiary/aromatic N) is 2. The number of carbonyl (C=O) groups excluding carboxylic acids is 1. The molecule has 1 aliphatic heterocycles. The summed E-state index contributed by atoms with van der Waals surface area (Å²) >= 11 is 6.09. The van der Waals surface area contributed by atoms with Crippen LogP contribution in [0.5, 0.6) is 0 Å². The number of fused-ring (bicyclic) bond motifs is 1. The molecule has 5 heteroatoms. The van der Waals surface area contributed by atoms with E-state index in [4.69, 9.17) is 11.6 Å². The van der Waals surface area contributed by atoms with Crippen LogP contribution in [-0.2, 0) is 13.0 Å². The van der Waals surface area contributed by atoms with Gasteiger partial charge in [0.05, 0.1) is 22.5 Å². The Morgan fingerprint density at radius 2 is 2.04 bits per heavy atom. The largest absolute Gasteiger partial charge is 0.328 e. The predicted octanol–water partition coefficient (Wildman–Crippen LogP) is 4.40. The summed E-state index contributed by atoms with van der Waals surface area (Å²) in [4.78, 5) is 16.9. The molecular weight excluding hydrogens is 322 g/mol. The quantitative estimate of drug-likeness (QED) is 0.770. The minimum absolute atomic E-state index is 0.212. The smallest absolute Gasteiger partial charge is 0.257 e. The van der Waals surface area contributed by atoms with Gasteiger partial charge in [0.25, 0.3) is 5.91 Å². The number of benzene rings is 2. The number of rotatable bonds is 3. The highest BCUT2D eigenvalue weighted by molar-refractivity contribution is 6.34. The Hall–Kier alpha value is -2.59. The van der Waals surface area contributed by atoms with Crippen molar-refractivity contribution < 1.29 is 4.79 Å². The van der Waals surface area contributed by atoms with Gasteiger partial charge in [0.2, 0.25) is 0 Å². The fourth-order valence-electron chi connectivity index (χ4n) is 3.09. The molecule has 1 aliphatic rings. The van der Waals surface area contributed by atoms with Crippen LogP contribution in [0.25, 0.3) is 11.3 Å². The Morgan fingerprint density at radius 3 is 2.92 bits per heavy atom. The molecule has 0 saturated carbocycles. The molecule has 1 amide bonds. The Labute approximate surface area is 145 Å². The van der Waals surface area contributed by atoms with E-state index in [2.05, 4.69) is 14.9 Å². The number of carbonyl (C=O) groups is 1. The second kappa shape index (κ2) is 6.13. The maximum absolute atomic E-state index is 12.4. The SMILES string of the molecule is O=C(Nc1cccc(-c2cnc3n2CCC3)c1)c1ccccc1Cl. The van der Waals surface area contributed by atoms with Crippen molar-refractivity contribution in [3.8, 4) is 11.3 Å². The molecule has 0 unspecified atom stereocenters. The van der Waals surface area contributed by atoms with E-state index < -0.39 is 0 Å². The van der Waals surface area contributed by atoms with Gasteiger partial charge < -0.3 is 9.88 Å². The lowest BCUT2D eigenvalue weighted by atomic mass is 10.1. The van der Waals surface area contributed by atoms with Gasteiger partial charge in [0.1, 0.15) is 5.82 Å². The lowest BCUT2D eigenvalue weighted by Crippen LogP contribution is -2.12. The van der Waals surface area contributed by atoms with Gasteiger partial charge in [-0.05, 0) is 30.7 Å². The van der Waals surface area contributed by atoms with E-state index in [1.165, 1.54) is 0 Å². The van der Waals surface area contributed by atoms with Crippen molar-refractivity contribution in [2.24, 2.45) is 0 Å². The summed E-state index contributed by atoms with van der Waals surface area (Å²) in [5.74, 6) is 0.923. The Morgan fingerprint density at radius 1 is 1.17 bits per heavy atom. The third-order valence-electron chi connectivity index (χ3n) is 4.26. The van der Waals surface area contributed by atoms with Crippen molar-refractivity contribution in [3.05, 3.63) is 71.1 Å². The molecule has 2 heterocycles. The maximum Gasteiger partial charge on any atom is 0.257 e. The van der Waals surface area contributed by atoms with Crippen molar-refractivity contribution in [1.29, 1.82) is 0 Å². The van der Waals surface area contributed by atoms with Gasteiger partial charge in [-0.25, -0.2) is 4.98 Å². The lowest BCUT2D eigenvalue weighted by molar-refractivity contribution is 0.102. The molecule has 2 aromatic carbocycles. The second-order valence-electron chi connectivity index (χ2n) is 5.83. The first-order valence-electron chi connectivity index (χ1n) is 7.93. The molecule has 0 saturated heterocycles. The maximum atomic E-state index is 12.4. The molecule has 4 nitrogen and oxygen atoms in total. The molecule has 1 aromatic heterocycles. The van der Waals surface area contributed by atoms with E-state index in [0.29, 0.717) is 10.6 Å². The minimum atomic E-state index is -0.212. The lowest BCUT2D eigenvalue weighted by Gasteiger charge is -2.09. The van der Waals surface area contributed by atoms with E-state index in [-0.39, 0.29) is 5.91 Å². The van der Waals surface area contributed by atoms with Crippen molar-refractivity contribution in [1.82, 2.24) is 9.55 Å². The van der Waals surface area contributed by atoms with Gasteiger partial charge in [-0.2, -0.15) is 0 Å². The minimum Gasteiger partial charge on any atom is -0.328 e. The van der Waals surface area contributed by atoms with Gasteiger partial charge in [-0.1, -0.05) is 35.9 Å². The number of aromatic nitrogens is 2. The van der Waals surface area contributed by atoms with Crippen molar-refractivity contribution in [2.45, 2.75) is 19.4 Å². The molecule has 0 fully saturated rings. The fraction of sp³-hybridized carbons (Fsp3) is 0.158. The summed E-state index contributed by atoms with van der Waals surface area (Å²) in [6.45, 7) is 1.00. The fourth-order valence-corrected chi connectivity index (χ4v) is 3.31. The Kier molecular flexibility index (Phi) is 3.82. The van der Waals surface area contributed by atoms with Crippen LogP contribution in [0.4, 0.5) is 5.69 Å². The van der Waals surface area contributed by atoms with Crippen molar-refractivity contribution in [2.75, 3.05) is 5.32 Å². The summed E-state index contributed by atoms with van der Waals surface area (Å²) in [7, 11) is 0. The first-order valence-corrected chi connectivity index (χ1v) is 8.31. The molecule has 120 valence electrons. The van der Waals surface area contributed by atoms with E-state index in [0.717, 1.165) is 42.2 Å². The van der Waals surface area contributed by atoms with Gasteiger partial charge >= 0.3 is 0 Å². The number of aryl methyl sites for hydroxylation is 1. The molecule has 0 radical (unpaired) electrons. The van der Waals surface area contributed by atoms with Gasteiger partial charge in [-0.3, -0.25) is 4.79 Å². The zero-order valence-electron chi connectivity index (χ0n) is 13.0. The number of nitrogens with one attached hydrogen (secondary N) is 1. The highest BCUT2D eigenvalue weighted by Gasteiger charge is 2.17. The number of hydrogen-bond donors (Lipinski definition) is 1. The highest BCUT2D eigenvalue weighted by Crippen LogP contribution is 2.27. The summed E-state index contributed by atoms with van der Waals surface area (Å²) in [6, 6.07) is 14.8. The number of amides is 1. The van der Waals surface area contributed by atoms with Crippen LogP contribution in [0.15, 0.2) is 54.7 Å². The molecule has 4 rings (SSSR count). The van der Waals surface area contributed by atoms with Crippen LogP contribution in [-0.4, -0.2) is 15.5 Å². The second-order valence-corrected chi connectivity index (χ2v) is 6.24. The topological polar surface area (TPSA) is 46.9 Å². The van der Waals surface area contributed by atoms with E-state index >= 15 is 0 Å². The van der Waals surface area contributed by atoms with Crippen LogP contribution in [0, 0.1) is 0 Å². The Balaban J connectivity index is 1.61. The number of hydrogen-bond acceptors (Lipinski definition) is 2. The number of imidazole rings is 1. The third-order valence-corrected chi connectivity index (χ3v) is 4.58. The van der Waals surface area contributed by atoms with E-state index in [9.17, 15) is 4.79 Å². The zero-order valence-corrected chi connectivity index (χ0v) is 13.8. The first-order chi connectivity index (χ1) is 11.7. The molecule has 24 heavy (non-hydrogen) atoms. The van der Waals surface area contributed by atoms with E-state index in [1.807, 2.05) is 30.5 Å². The number of halogens is 1. The molecule has 0 aliphatic carbocycles. The summed E-state index contributed by atoms with van der Waals surface area (Å²) < 4.78 is 2.25. The number of anilines is 1. The third kappa shape index (κ3) is 2.69. The standard InChI is InChI=1S/C19H16ClN3O/c20-16-8-2-1-7-15(16)19(24)22-14-6-3-5-13(11-14)17-12-21-18-9-4-10-23(17)18/h1-3,5-8,11-12H,4,9-10H2,(H,22,24). The van der Waals surface area contributed by atoms with Crippen LogP contribution in [0.1, 0.15) is 22.6 Å². The van der Waals surface area contributed by atoms with E-state index in [1.54, 1.807) is 24.3 Å². The average molecular weight is 338 g/mol. The van der Waals surface area contributed by atoms with Crippen molar-refractivity contribution in [3.63, 3.8) is 0 Å². The van der Waals surface area contributed by atoms with Gasteiger partial charge in [-0.15, -0.1) is 0 Å². The first kappa shape index (κ1) is 15.0. The van der Waals surface area contributed by atoms with Crippen LogP contribution in [0.2, 0.25) is 5.02 Å². The summed E-state index contributed by atoms with van der Waals surface area (Å²) in [5, 5.41) is 3.36. The molecule has 0 atom stereocenters. The molecule has 3 aromatic rings. The molecule has 0 spiro atoms. The van der Waals surface area contributed by atoms with Crippen LogP contribution in [0.3, 0.4) is 0 Å².